The normalized spacial score (nSPS) is 12.1. The van der Waals surface area contributed by atoms with Crippen LogP contribution in [0.1, 0.15) is 44.2 Å². The summed E-state index contributed by atoms with van der Waals surface area (Å²) in [5.41, 5.74) is 1.68. The van der Waals surface area contributed by atoms with Crippen molar-refractivity contribution < 1.29 is 13.9 Å². The molecule has 1 unspecified atom stereocenters. The average Bonchev–Trinajstić information content (AvgIpc) is 3.10. The van der Waals surface area contributed by atoms with E-state index in [0.717, 1.165) is 5.75 Å². The first-order valence-electron chi connectivity index (χ1n) is 9.78. The topological polar surface area (TPSA) is 69.0 Å². The minimum atomic E-state index is -0.534. The lowest BCUT2D eigenvalue weighted by atomic mass is 10.0. The fourth-order valence-corrected chi connectivity index (χ4v) is 3.79. The average molecular weight is 463 g/mol. The van der Waals surface area contributed by atoms with Crippen molar-refractivity contribution >= 4 is 35.0 Å². The number of nitrogens with one attached hydrogen (secondary N) is 1. The molecule has 1 N–H and O–H groups in total. The van der Waals surface area contributed by atoms with Gasteiger partial charge in [0.1, 0.15) is 11.6 Å². The van der Waals surface area contributed by atoms with Crippen LogP contribution in [0.4, 0.5) is 10.1 Å². The molecule has 1 heterocycles. The predicted octanol–water partition coefficient (Wildman–Crippen LogP) is 5.60. The summed E-state index contributed by atoms with van der Waals surface area (Å²) in [6, 6.07) is 12.0. The maximum Gasteiger partial charge on any atom is 0.234 e. The van der Waals surface area contributed by atoms with Gasteiger partial charge in [-0.1, -0.05) is 49.3 Å². The molecule has 1 atom stereocenters. The highest BCUT2D eigenvalue weighted by molar-refractivity contribution is 7.99. The largest absolute Gasteiger partial charge is 0.483 e. The van der Waals surface area contributed by atoms with Crippen molar-refractivity contribution in [1.29, 1.82) is 0 Å². The summed E-state index contributed by atoms with van der Waals surface area (Å²) in [5.74, 6) is 1.20. The molecule has 0 aliphatic heterocycles. The van der Waals surface area contributed by atoms with Gasteiger partial charge in [-0.2, -0.15) is 0 Å². The molecule has 164 valence electrons. The molecular weight excluding hydrogens is 439 g/mol. The van der Waals surface area contributed by atoms with E-state index in [0.29, 0.717) is 22.6 Å². The Morgan fingerprint density at radius 2 is 1.90 bits per heavy atom. The summed E-state index contributed by atoms with van der Waals surface area (Å²) in [7, 11) is 1.83. The number of benzene rings is 2. The third-order valence-electron chi connectivity index (χ3n) is 4.63. The maximum absolute atomic E-state index is 13.2. The fourth-order valence-electron chi connectivity index (χ4n) is 2.90. The van der Waals surface area contributed by atoms with Crippen molar-refractivity contribution in [2.75, 3.05) is 11.1 Å². The van der Waals surface area contributed by atoms with Crippen molar-refractivity contribution in [2.45, 2.75) is 37.9 Å². The quantitative estimate of drug-likeness (QED) is 0.441. The van der Waals surface area contributed by atoms with Gasteiger partial charge >= 0.3 is 0 Å². The summed E-state index contributed by atoms with van der Waals surface area (Å²) in [6.45, 7) is 6.19. The lowest BCUT2D eigenvalue weighted by Crippen LogP contribution is -2.15. The number of amides is 1. The highest BCUT2D eigenvalue weighted by atomic mass is 35.5. The van der Waals surface area contributed by atoms with Crippen LogP contribution < -0.4 is 10.1 Å². The Morgan fingerprint density at radius 1 is 1.19 bits per heavy atom. The number of carbonyl (C=O) groups excluding carboxylic acids is 1. The van der Waals surface area contributed by atoms with Crippen molar-refractivity contribution in [3.8, 4) is 5.75 Å². The number of hydrogen-bond donors (Lipinski definition) is 1. The summed E-state index contributed by atoms with van der Waals surface area (Å²) < 4.78 is 21.0. The van der Waals surface area contributed by atoms with Crippen LogP contribution >= 0.6 is 23.4 Å². The zero-order valence-corrected chi connectivity index (χ0v) is 19.3. The van der Waals surface area contributed by atoms with E-state index < -0.39 is 5.82 Å². The summed E-state index contributed by atoms with van der Waals surface area (Å²) in [5, 5.41) is 11.6. The number of nitrogens with zero attached hydrogens (tertiary/aromatic N) is 3. The predicted molar refractivity (Wildman–Crippen MR) is 121 cm³/mol. The van der Waals surface area contributed by atoms with Crippen molar-refractivity contribution in [3.05, 3.63) is 64.7 Å². The van der Waals surface area contributed by atoms with Crippen LogP contribution in [0.3, 0.4) is 0 Å². The second kappa shape index (κ2) is 10.2. The Morgan fingerprint density at radius 3 is 2.55 bits per heavy atom. The number of aromatic nitrogens is 3. The third-order valence-corrected chi connectivity index (χ3v) is 5.94. The number of thioether (sulfide) groups is 1. The summed E-state index contributed by atoms with van der Waals surface area (Å²) in [4.78, 5) is 12.2. The van der Waals surface area contributed by atoms with Crippen LogP contribution in [0.25, 0.3) is 0 Å². The van der Waals surface area contributed by atoms with Crippen LogP contribution in [0, 0.1) is 5.82 Å². The van der Waals surface area contributed by atoms with Gasteiger partial charge in [-0.15, -0.1) is 10.2 Å². The first-order chi connectivity index (χ1) is 14.7. The van der Waals surface area contributed by atoms with Gasteiger partial charge in [0.05, 0.1) is 10.8 Å². The number of ether oxygens (including phenoxy) is 1. The number of rotatable bonds is 8. The molecule has 0 saturated heterocycles. The Hall–Kier alpha value is -2.58. The Kier molecular flexibility index (Phi) is 7.56. The second-order valence-corrected chi connectivity index (χ2v) is 8.70. The van der Waals surface area contributed by atoms with Gasteiger partial charge in [0.2, 0.25) is 5.91 Å². The van der Waals surface area contributed by atoms with Gasteiger partial charge in [0.15, 0.2) is 17.1 Å². The van der Waals surface area contributed by atoms with E-state index in [9.17, 15) is 9.18 Å². The standard InChI is InChI=1S/C22H24ClFN4O2S/c1-13(2)15-5-8-17(9-6-15)30-14(3)21-26-27-22(28(21)4)31-12-20(29)25-16-7-10-19(24)18(23)11-16/h5-11,13-14H,12H2,1-4H3,(H,25,29). The minimum Gasteiger partial charge on any atom is -0.483 e. The molecule has 1 amide bonds. The molecule has 3 rings (SSSR count). The van der Waals surface area contributed by atoms with Crippen LogP contribution in [0.15, 0.2) is 47.6 Å². The molecule has 0 aliphatic carbocycles. The zero-order valence-electron chi connectivity index (χ0n) is 17.7. The highest BCUT2D eigenvalue weighted by Crippen LogP contribution is 2.25. The Balaban J connectivity index is 1.57. The molecule has 0 spiro atoms. The monoisotopic (exact) mass is 462 g/mol. The van der Waals surface area contributed by atoms with Crippen LogP contribution in [0.5, 0.6) is 5.75 Å². The van der Waals surface area contributed by atoms with Gasteiger partial charge in [-0.25, -0.2) is 4.39 Å². The number of carbonyl (C=O) groups is 1. The van der Waals surface area contributed by atoms with Gasteiger partial charge in [-0.05, 0) is 48.7 Å². The van der Waals surface area contributed by atoms with Gasteiger partial charge in [0, 0.05) is 12.7 Å². The minimum absolute atomic E-state index is 0.0452. The summed E-state index contributed by atoms with van der Waals surface area (Å²) in [6.07, 6.45) is -0.313. The van der Waals surface area contributed by atoms with Crippen LogP contribution in [-0.2, 0) is 11.8 Å². The molecule has 0 saturated carbocycles. The van der Waals surface area contributed by atoms with Crippen molar-refractivity contribution in [2.24, 2.45) is 7.05 Å². The molecule has 1 aromatic heterocycles. The fraction of sp³-hybridized carbons (Fsp3) is 0.318. The first kappa shape index (κ1) is 23.1. The van der Waals surface area contributed by atoms with E-state index in [-0.39, 0.29) is 22.8 Å². The van der Waals surface area contributed by atoms with Gasteiger partial charge < -0.3 is 14.6 Å². The third kappa shape index (κ3) is 5.98. The summed E-state index contributed by atoms with van der Waals surface area (Å²) >= 11 is 6.98. The number of anilines is 1. The smallest absolute Gasteiger partial charge is 0.234 e. The molecule has 0 bridgehead atoms. The van der Waals surface area contributed by atoms with E-state index >= 15 is 0 Å². The lowest BCUT2D eigenvalue weighted by Gasteiger charge is -2.15. The number of hydrogen-bond acceptors (Lipinski definition) is 5. The molecule has 0 radical (unpaired) electrons. The first-order valence-corrected chi connectivity index (χ1v) is 11.1. The van der Waals surface area contributed by atoms with E-state index in [4.69, 9.17) is 16.3 Å². The van der Waals surface area contributed by atoms with Crippen molar-refractivity contribution in [3.63, 3.8) is 0 Å². The van der Waals surface area contributed by atoms with E-state index in [2.05, 4.69) is 41.5 Å². The molecule has 31 heavy (non-hydrogen) atoms. The van der Waals surface area contributed by atoms with Crippen LogP contribution in [0.2, 0.25) is 5.02 Å². The SMILES string of the molecule is CC(C)c1ccc(OC(C)c2nnc(SCC(=O)Nc3ccc(F)c(Cl)c3)n2C)cc1. The van der Waals surface area contributed by atoms with E-state index in [1.165, 1.54) is 35.5 Å². The molecule has 0 aliphatic rings. The Bertz CT molecular complexity index is 1060. The van der Waals surface area contributed by atoms with Crippen LogP contribution in [-0.4, -0.2) is 26.4 Å². The number of halogens is 2. The molecule has 9 heteroatoms. The van der Waals surface area contributed by atoms with Crippen molar-refractivity contribution in [1.82, 2.24) is 14.8 Å². The second-order valence-electron chi connectivity index (χ2n) is 7.35. The molecule has 6 nitrogen and oxygen atoms in total. The van der Waals surface area contributed by atoms with Gasteiger partial charge in [0.25, 0.3) is 0 Å². The zero-order chi connectivity index (χ0) is 22.5. The molecule has 3 aromatic rings. The molecule has 0 fully saturated rings. The van der Waals surface area contributed by atoms with E-state index in [1.54, 1.807) is 4.57 Å². The molecular formula is C22H24ClFN4O2S. The Labute approximate surface area is 190 Å². The van der Waals surface area contributed by atoms with Gasteiger partial charge in [-0.3, -0.25) is 4.79 Å². The maximum atomic E-state index is 13.2. The highest BCUT2D eigenvalue weighted by Gasteiger charge is 2.18. The van der Waals surface area contributed by atoms with E-state index in [1.807, 2.05) is 26.1 Å². The lowest BCUT2D eigenvalue weighted by molar-refractivity contribution is -0.113. The molecule has 2 aromatic carbocycles.